The topological polar surface area (TPSA) is 26.3 Å². The number of hydrogen-bond acceptors (Lipinski definition) is 2. The molecule has 0 aliphatic heterocycles. The van der Waals surface area contributed by atoms with Crippen LogP contribution in [0.2, 0.25) is 0 Å². The highest BCUT2D eigenvalue weighted by Gasteiger charge is 2.24. The van der Waals surface area contributed by atoms with E-state index in [0.717, 1.165) is 12.8 Å². The van der Waals surface area contributed by atoms with Gasteiger partial charge in [-0.15, -0.1) is 0 Å². The van der Waals surface area contributed by atoms with Gasteiger partial charge in [0.15, 0.2) is 0 Å². The molecule has 1 rings (SSSR count). The van der Waals surface area contributed by atoms with Crippen LogP contribution in [0.25, 0.3) is 0 Å². The van der Waals surface area contributed by atoms with Gasteiger partial charge >= 0.3 is 6.47 Å². The van der Waals surface area contributed by atoms with Gasteiger partial charge in [0.25, 0.3) is 0 Å². The minimum atomic E-state index is 0.146. The number of carbonyl (C=O) groups excluding carboxylic acids is 1. The number of ether oxygens (including phenoxy) is 1. The molecule has 0 aromatic heterocycles. The molecule has 2 nitrogen and oxygen atoms in total. The fourth-order valence-corrected chi connectivity index (χ4v) is 2.36. The molecule has 1 aliphatic carbocycles. The maximum atomic E-state index is 10.3. The quantitative estimate of drug-likeness (QED) is 0.653. The van der Waals surface area contributed by atoms with Crippen molar-refractivity contribution < 1.29 is 9.53 Å². The lowest BCUT2D eigenvalue weighted by atomic mass is 9.83. The van der Waals surface area contributed by atoms with E-state index in [1.807, 2.05) is 0 Å². The predicted octanol–water partition coefficient (Wildman–Crippen LogP) is 3.21. The molecular formula is C12H21O2. The Bertz CT molecular complexity index is 150. The maximum Gasteiger partial charge on any atom is 0.417 e. The van der Waals surface area contributed by atoms with Crippen LogP contribution < -0.4 is 0 Å². The van der Waals surface area contributed by atoms with Gasteiger partial charge in [-0.05, 0) is 25.2 Å². The average molecular weight is 197 g/mol. The summed E-state index contributed by atoms with van der Waals surface area (Å²) in [7, 11) is 0. The van der Waals surface area contributed by atoms with Crippen LogP contribution in [0, 0.1) is 5.92 Å². The first-order chi connectivity index (χ1) is 6.88. The van der Waals surface area contributed by atoms with Crippen LogP contribution in [-0.2, 0) is 9.53 Å². The van der Waals surface area contributed by atoms with Crippen molar-refractivity contribution in [2.24, 2.45) is 5.92 Å². The van der Waals surface area contributed by atoms with Crippen LogP contribution in [0.1, 0.15) is 58.3 Å². The van der Waals surface area contributed by atoms with Gasteiger partial charge in [-0.3, -0.25) is 0 Å². The zero-order valence-electron chi connectivity index (χ0n) is 9.13. The van der Waals surface area contributed by atoms with Crippen LogP contribution in [0.4, 0.5) is 0 Å². The molecule has 2 heteroatoms. The van der Waals surface area contributed by atoms with E-state index >= 15 is 0 Å². The van der Waals surface area contributed by atoms with E-state index in [0.29, 0.717) is 5.92 Å². The first kappa shape index (κ1) is 11.5. The Balaban J connectivity index is 2.34. The van der Waals surface area contributed by atoms with E-state index < -0.39 is 0 Å². The summed E-state index contributed by atoms with van der Waals surface area (Å²) in [4.78, 5) is 10.3. The fourth-order valence-electron chi connectivity index (χ4n) is 2.36. The molecule has 0 amide bonds. The van der Waals surface area contributed by atoms with Crippen molar-refractivity contribution in [2.45, 2.75) is 64.4 Å². The average Bonchev–Trinajstić information content (AvgIpc) is 2.25. The highest BCUT2D eigenvalue weighted by Crippen LogP contribution is 2.29. The Labute approximate surface area is 87.0 Å². The standard InChI is InChI=1S/C12H21O2/c1-2-3-9-12(14-10-13)11-7-5-4-6-8-11/h11-12H,2-9H2,1H3. The third-order valence-corrected chi connectivity index (χ3v) is 3.22. The van der Waals surface area contributed by atoms with E-state index in [2.05, 4.69) is 6.92 Å². The number of rotatable bonds is 6. The van der Waals surface area contributed by atoms with Crippen molar-refractivity contribution in [3.05, 3.63) is 0 Å². The highest BCUT2D eigenvalue weighted by molar-refractivity contribution is 5.38. The lowest BCUT2D eigenvalue weighted by Gasteiger charge is -2.28. The van der Waals surface area contributed by atoms with Crippen LogP contribution in [0.3, 0.4) is 0 Å². The molecule has 1 atom stereocenters. The second-order valence-electron chi connectivity index (χ2n) is 4.28. The Morgan fingerprint density at radius 3 is 2.64 bits per heavy atom. The molecule has 1 radical (unpaired) electrons. The third-order valence-electron chi connectivity index (χ3n) is 3.22. The predicted molar refractivity (Wildman–Crippen MR) is 56.7 cm³/mol. The van der Waals surface area contributed by atoms with E-state index in [4.69, 9.17) is 4.74 Å². The molecule has 0 N–H and O–H groups in total. The monoisotopic (exact) mass is 197 g/mol. The third kappa shape index (κ3) is 3.69. The minimum Gasteiger partial charge on any atom is -0.454 e. The largest absolute Gasteiger partial charge is 0.454 e. The van der Waals surface area contributed by atoms with Crippen LogP contribution >= 0.6 is 0 Å². The van der Waals surface area contributed by atoms with Crippen LogP contribution in [-0.4, -0.2) is 12.6 Å². The smallest absolute Gasteiger partial charge is 0.417 e. The van der Waals surface area contributed by atoms with Gasteiger partial charge < -0.3 is 4.74 Å². The Morgan fingerprint density at radius 1 is 1.36 bits per heavy atom. The van der Waals surface area contributed by atoms with E-state index in [1.165, 1.54) is 38.5 Å². The molecule has 0 heterocycles. The molecule has 1 aliphatic rings. The molecule has 1 saturated carbocycles. The molecule has 81 valence electrons. The summed E-state index contributed by atoms with van der Waals surface area (Å²) in [6.45, 7) is 3.79. The summed E-state index contributed by atoms with van der Waals surface area (Å²) in [6, 6.07) is 0. The first-order valence-corrected chi connectivity index (χ1v) is 5.91. The second-order valence-corrected chi connectivity index (χ2v) is 4.28. The second kappa shape index (κ2) is 6.86. The maximum absolute atomic E-state index is 10.3. The van der Waals surface area contributed by atoms with E-state index in [1.54, 1.807) is 6.47 Å². The van der Waals surface area contributed by atoms with Crippen molar-refractivity contribution in [3.63, 3.8) is 0 Å². The molecule has 0 spiro atoms. The number of hydrogen-bond donors (Lipinski definition) is 0. The molecule has 0 bridgehead atoms. The highest BCUT2D eigenvalue weighted by atomic mass is 16.5. The zero-order valence-corrected chi connectivity index (χ0v) is 9.13. The van der Waals surface area contributed by atoms with Gasteiger partial charge in [0, 0.05) is 0 Å². The molecule has 0 aromatic rings. The molecule has 1 fully saturated rings. The van der Waals surface area contributed by atoms with Gasteiger partial charge in [-0.2, -0.15) is 0 Å². The van der Waals surface area contributed by atoms with Crippen molar-refractivity contribution in [3.8, 4) is 0 Å². The van der Waals surface area contributed by atoms with Crippen molar-refractivity contribution in [1.29, 1.82) is 0 Å². The molecule has 1 unspecified atom stereocenters. The fraction of sp³-hybridized carbons (Fsp3) is 0.917. The van der Waals surface area contributed by atoms with Crippen molar-refractivity contribution in [2.75, 3.05) is 0 Å². The summed E-state index contributed by atoms with van der Waals surface area (Å²) in [5.41, 5.74) is 0. The summed E-state index contributed by atoms with van der Waals surface area (Å²) in [6.07, 6.45) is 9.91. The molecular weight excluding hydrogens is 176 g/mol. The van der Waals surface area contributed by atoms with E-state index in [9.17, 15) is 4.79 Å². The minimum absolute atomic E-state index is 0.146. The first-order valence-electron chi connectivity index (χ1n) is 5.91. The van der Waals surface area contributed by atoms with Crippen LogP contribution in [0.15, 0.2) is 0 Å². The lowest BCUT2D eigenvalue weighted by Crippen LogP contribution is -2.25. The van der Waals surface area contributed by atoms with Gasteiger partial charge in [-0.1, -0.05) is 39.0 Å². The van der Waals surface area contributed by atoms with Crippen molar-refractivity contribution in [1.82, 2.24) is 0 Å². The zero-order chi connectivity index (χ0) is 10.2. The van der Waals surface area contributed by atoms with Crippen LogP contribution in [0.5, 0.6) is 0 Å². The molecule has 14 heavy (non-hydrogen) atoms. The van der Waals surface area contributed by atoms with E-state index in [-0.39, 0.29) is 6.10 Å². The molecule has 0 aromatic carbocycles. The summed E-state index contributed by atoms with van der Waals surface area (Å²) in [5, 5.41) is 0. The van der Waals surface area contributed by atoms with Crippen molar-refractivity contribution >= 4 is 6.47 Å². The summed E-state index contributed by atoms with van der Waals surface area (Å²) >= 11 is 0. The molecule has 0 saturated heterocycles. The van der Waals surface area contributed by atoms with Gasteiger partial charge in [0.05, 0.1) is 0 Å². The normalized spacial score (nSPS) is 20.4. The summed E-state index contributed by atoms with van der Waals surface area (Å²) < 4.78 is 5.08. The number of unbranched alkanes of at least 4 members (excludes halogenated alkanes) is 1. The lowest BCUT2D eigenvalue weighted by molar-refractivity contribution is 0.0824. The SMILES string of the molecule is CCCCC(O[C]=O)C1CCCCC1. The van der Waals surface area contributed by atoms with Gasteiger partial charge in [-0.25, -0.2) is 4.79 Å². The Hall–Kier alpha value is -0.530. The Morgan fingerprint density at radius 2 is 2.07 bits per heavy atom. The van der Waals surface area contributed by atoms with Gasteiger partial charge in [0.2, 0.25) is 0 Å². The Kier molecular flexibility index (Phi) is 5.65. The van der Waals surface area contributed by atoms with Gasteiger partial charge in [0.1, 0.15) is 6.10 Å². The summed E-state index contributed by atoms with van der Waals surface area (Å²) in [5.74, 6) is 0.608.